The van der Waals surface area contributed by atoms with Gasteiger partial charge in [-0.05, 0) is 55.0 Å². The van der Waals surface area contributed by atoms with Gasteiger partial charge in [0, 0.05) is 22.5 Å². The van der Waals surface area contributed by atoms with Crippen molar-refractivity contribution >= 4 is 40.7 Å². The molecule has 0 spiro atoms. The van der Waals surface area contributed by atoms with E-state index in [2.05, 4.69) is 25.7 Å². The Kier molecular flexibility index (Phi) is 5.69. The number of aromatic nitrogens is 4. The van der Waals surface area contributed by atoms with Crippen LogP contribution in [0.2, 0.25) is 10.0 Å². The lowest BCUT2D eigenvalue weighted by molar-refractivity contribution is -0.113. The minimum atomic E-state index is -0.660. The summed E-state index contributed by atoms with van der Waals surface area (Å²) in [6, 6.07) is 14.6. The Morgan fingerprint density at radius 3 is 2.74 bits per heavy atom. The van der Waals surface area contributed by atoms with E-state index in [-0.39, 0.29) is 11.7 Å². The molecule has 0 saturated heterocycles. The van der Waals surface area contributed by atoms with E-state index in [0.717, 1.165) is 0 Å². The van der Waals surface area contributed by atoms with Crippen LogP contribution in [0.1, 0.15) is 18.5 Å². The fourth-order valence-electron chi connectivity index (χ4n) is 3.87. The quantitative estimate of drug-likeness (QED) is 0.357. The predicted molar refractivity (Wildman–Crippen MR) is 131 cm³/mol. The highest BCUT2D eigenvalue weighted by Gasteiger charge is 2.35. The smallest absolute Gasteiger partial charge is 0.255 e. The monoisotopic (exact) mass is 492 g/mol. The van der Waals surface area contributed by atoms with Crippen molar-refractivity contribution in [1.29, 1.82) is 0 Å². The van der Waals surface area contributed by atoms with Crippen LogP contribution in [-0.2, 0) is 4.79 Å². The maximum atomic E-state index is 13.4. The van der Waals surface area contributed by atoms with E-state index >= 15 is 0 Å². The molecule has 1 atom stereocenters. The zero-order valence-corrected chi connectivity index (χ0v) is 19.3. The number of anilines is 2. The Labute approximate surface area is 204 Å². The van der Waals surface area contributed by atoms with E-state index in [4.69, 9.17) is 23.2 Å². The molecule has 3 heterocycles. The Hall–Kier alpha value is -3.88. The summed E-state index contributed by atoms with van der Waals surface area (Å²) in [5, 5.41) is 21.8. The van der Waals surface area contributed by atoms with Crippen molar-refractivity contribution in [3.05, 3.63) is 93.9 Å². The highest BCUT2D eigenvalue weighted by molar-refractivity contribution is 6.36. The van der Waals surface area contributed by atoms with Crippen molar-refractivity contribution in [3.63, 3.8) is 0 Å². The van der Waals surface area contributed by atoms with E-state index in [1.54, 1.807) is 72.5 Å². The molecule has 1 unspecified atom stereocenters. The lowest BCUT2D eigenvalue weighted by atomic mass is 9.95. The molecule has 4 aromatic rings. The third-order valence-corrected chi connectivity index (χ3v) is 5.92. The first-order valence-electron chi connectivity index (χ1n) is 10.3. The molecule has 0 aliphatic carbocycles. The van der Waals surface area contributed by atoms with Gasteiger partial charge in [-0.15, -0.1) is 5.10 Å². The first kappa shape index (κ1) is 21.9. The van der Waals surface area contributed by atoms with Gasteiger partial charge in [0.15, 0.2) is 5.82 Å². The minimum Gasteiger partial charge on any atom is -0.508 e. The maximum Gasteiger partial charge on any atom is 0.255 e. The minimum absolute atomic E-state index is 0.0725. The number of amides is 1. The van der Waals surface area contributed by atoms with Crippen LogP contribution in [-0.4, -0.2) is 30.8 Å². The maximum absolute atomic E-state index is 13.4. The van der Waals surface area contributed by atoms with Crippen LogP contribution in [0.3, 0.4) is 0 Å². The van der Waals surface area contributed by atoms with Gasteiger partial charge in [0.25, 0.3) is 5.91 Å². The first-order chi connectivity index (χ1) is 16.4. The number of allylic oxidation sites excluding steroid dienone is 1. The van der Waals surface area contributed by atoms with Gasteiger partial charge in [-0.25, -0.2) is 4.68 Å². The number of rotatable bonds is 4. The molecule has 2 aromatic carbocycles. The third-order valence-electron chi connectivity index (χ3n) is 5.37. The largest absolute Gasteiger partial charge is 0.508 e. The lowest BCUT2D eigenvalue weighted by Gasteiger charge is -2.28. The molecule has 1 aliphatic rings. The van der Waals surface area contributed by atoms with Crippen LogP contribution >= 0.6 is 23.2 Å². The number of benzene rings is 2. The summed E-state index contributed by atoms with van der Waals surface area (Å²) in [4.78, 5) is 22.1. The number of aromatic hydroxyl groups is 1. The highest BCUT2D eigenvalue weighted by atomic mass is 35.5. The second kappa shape index (κ2) is 8.81. The number of pyridine rings is 1. The molecule has 170 valence electrons. The summed E-state index contributed by atoms with van der Waals surface area (Å²) in [6.45, 7) is 1.79. The number of fused-ring (bicyclic) bond motifs is 1. The number of carbonyl (C=O) groups excluding carboxylic acids is 1. The molecule has 3 N–H and O–H groups in total. The molecule has 34 heavy (non-hydrogen) atoms. The van der Waals surface area contributed by atoms with Crippen LogP contribution in [0.4, 0.5) is 11.6 Å². The average molecular weight is 493 g/mol. The van der Waals surface area contributed by atoms with Crippen LogP contribution < -0.4 is 10.6 Å². The zero-order valence-electron chi connectivity index (χ0n) is 17.8. The van der Waals surface area contributed by atoms with Crippen molar-refractivity contribution in [2.24, 2.45) is 0 Å². The van der Waals surface area contributed by atoms with Gasteiger partial charge >= 0.3 is 0 Å². The van der Waals surface area contributed by atoms with Gasteiger partial charge in [0.2, 0.25) is 5.95 Å². The van der Waals surface area contributed by atoms with E-state index in [1.807, 2.05) is 6.07 Å². The van der Waals surface area contributed by atoms with Crippen molar-refractivity contribution in [2.45, 2.75) is 13.0 Å². The predicted octanol–water partition coefficient (Wildman–Crippen LogP) is 5.28. The van der Waals surface area contributed by atoms with Crippen molar-refractivity contribution < 1.29 is 9.90 Å². The summed E-state index contributed by atoms with van der Waals surface area (Å²) in [7, 11) is 0. The number of nitrogens with zero attached hydrogens (tertiary/aromatic N) is 4. The highest BCUT2D eigenvalue weighted by Crippen LogP contribution is 2.38. The van der Waals surface area contributed by atoms with Gasteiger partial charge < -0.3 is 15.7 Å². The zero-order chi connectivity index (χ0) is 23.8. The van der Waals surface area contributed by atoms with Gasteiger partial charge in [-0.1, -0.05) is 35.3 Å². The van der Waals surface area contributed by atoms with Crippen LogP contribution in [0.15, 0.2) is 78.3 Å². The normalized spacial score (nSPS) is 15.0. The van der Waals surface area contributed by atoms with Crippen molar-refractivity contribution in [1.82, 2.24) is 19.7 Å². The molecule has 0 bridgehead atoms. The topological polar surface area (TPSA) is 105 Å². The molecule has 0 fully saturated rings. The summed E-state index contributed by atoms with van der Waals surface area (Å²) >= 11 is 12.4. The summed E-state index contributed by atoms with van der Waals surface area (Å²) in [5.74, 6) is 0.544. The Morgan fingerprint density at radius 1 is 1.15 bits per heavy atom. The Balaban J connectivity index is 1.62. The van der Waals surface area contributed by atoms with E-state index in [9.17, 15) is 9.90 Å². The fourth-order valence-corrected chi connectivity index (χ4v) is 4.36. The Morgan fingerprint density at radius 2 is 2.00 bits per heavy atom. The number of hydrogen-bond acceptors (Lipinski definition) is 6. The number of phenols is 1. The molecule has 10 heteroatoms. The van der Waals surface area contributed by atoms with Crippen molar-refractivity contribution in [2.75, 3.05) is 10.6 Å². The summed E-state index contributed by atoms with van der Waals surface area (Å²) in [5.41, 5.74) is 2.84. The number of halogens is 2. The van der Waals surface area contributed by atoms with E-state index in [0.29, 0.717) is 49.9 Å². The van der Waals surface area contributed by atoms with Crippen LogP contribution in [0, 0.1) is 0 Å². The molecule has 0 radical (unpaired) electrons. The summed E-state index contributed by atoms with van der Waals surface area (Å²) in [6.07, 6.45) is 3.19. The lowest BCUT2D eigenvalue weighted by Crippen LogP contribution is -2.31. The SMILES string of the molecule is CC1=C(C(=O)Nc2cccnc2)C(c2cccc(O)c2)n2nc(-c3ccc(Cl)cc3Cl)nc2N1. The van der Waals surface area contributed by atoms with E-state index < -0.39 is 6.04 Å². The number of carbonyl (C=O) groups is 1. The average Bonchev–Trinajstić information content (AvgIpc) is 3.21. The summed E-state index contributed by atoms with van der Waals surface area (Å²) < 4.78 is 1.61. The molecular weight excluding hydrogens is 475 g/mol. The van der Waals surface area contributed by atoms with Gasteiger partial charge in [-0.2, -0.15) is 4.98 Å². The van der Waals surface area contributed by atoms with Gasteiger partial charge in [0.1, 0.15) is 11.8 Å². The standard InChI is InChI=1S/C24H18Cl2N6O2/c1-13-20(23(34)29-16-5-3-9-27-12-16)21(14-4-2-6-17(33)10-14)32-24(28-13)30-22(31-32)18-8-7-15(25)11-19(18)26/h2-12,21,33H,1H3,(H,29,34)(H,28,30,31). The van der Waals surface area contributed by atoms with Crippen molar-refractivity contribution in [3.8, 4) is 17.1 Å². The molecule has 0 saturated carbocycles. The molecule has 5 rings (SSSR count). The molecule has 2 aromatic heterocycles. The second-order valence-corrected chi connectivity index (χ2v) is 8.53. The Bertz CT molecular complexity index is 1430. The second-order valence-electron chi connectivity index (χ2n) is 7.68. The van der Waals surface area contributed by atoms with Gasteiger partial charge in [0.05, 0.1) is 22.5 Å². The molecule has 8 nitrogen and oxygen atoms in total. The molecule has 1 amide bonds. The van der Waals surface area contributed by atoms with Crippen LogP contribution in [0.5, 0.6) is 5.75 Å². The molecule has 1 aliphatic heterocycles. The van der Waals surface area contributed by atoms with Gasteiger partial charge in [-0.3, -0.25) is 9.78 Å². The number of hydrogen-bond donors (Lipinski definition) is 3. The van der Waals surface area contributed by atoms with E-state index in [1.165, 1.54) is 0 Å². The number of nitrogens with one attached hydrogen (secondary N) is 2. The first-order valence-corrected chi connectivity index (χ1v) is 11.1. The fraction of sp³-hybridized carbons (Fsp3) is 0.0833. The third kappa shape index (κ3) is 4.09. The van der Waals surface area contributed by atoms with Crippen LogP contribution in [0.25, 0.3) is 11.4 Å². The number of phenolic OH excluding ortho intramolecular Hbond substituents is 1. The molecular formula is C24H18Cl2N6O2.